The number of aromatic nitrogens is 1. The number of para-hydroxylation sites is 1. The highest BCUT2D eigenvalue weighted by molar-refractivity contribution is 6.09. The fourth-order valence-corrected chi connectivity index (χ4v) is 5.61. The molecular formula is C37H27N. The summed E-state index contributed by atoms with van der Waals surface area (Å²) in [5, 5.41) is 2.60. The molecule has 7 aromatic rings. The molecular weight excluding hydrogens is 458 g/mol. The van der Waals surface area contributed by atoms with Crippen LogP contribution in [0.5, 0.6) is 0 Å². The lowest BCUT2D eigenvalue weighted by Gasteiger charge is -2.12. The summed E-state index contributed by atoms with van der Waals surface area (Å²) in [6, 6.07) is 52.6. The van der Waals surface area contributed by atoms with Crippen LogP contribution >= 0.6 is 0 Å². The lowest BCUT2D eigenvalue weighted by Crippen LogP contribution is -1.88. The topological polar surface area (TPSA) is 4.93 Å². The van der Waals surface area contributed by atoms with Gasteiger partial charge >= 0.3 is 0 Å². The van der Waals surface area contributed by atoms with E-state index in [4.69, 9.17) is 0 Å². The minimum Gasteiger partial charge on any atom is -0.344 e. The van der Waals surface area contributed by atoms with E-state index in [9.17, 15) is 0 Å². The second kappa shape index (κ2) is 9.21. The third-order valence-corrected chi connectivity index (χ3v) is 7.59. The second-order valence-corrected chi connectivity index (χ2v) is 9.92. The zero-order valence-electron chi connectivity index (χ0n) is 21.3. The van der Waals surface area contributed by atoms with Crippen molar-refractivity contribution in [3.05, 3.63) is 146 Å². The first-order valence-corrected chi connectivity index (χ1v) is 13.1. The average Bonchev–Trinajstić information content (AvgIpc) is 3.29. The van der Waals surface area contributed by atoms with E-state index in [2.05, 4.69) is 157 Å². The van der Waals surface area contributed by atoms with Crippen molar-refractivity contribution in [2.45, 2.75) is 0 Å². The van der Waals surface area contributed by atoms with Gasteiger partial charge in [0.1, 0.15) is 0 Å². The molecule has 0 N–H and O–H groups in total. The van der Waals surface area contributed by atoms with Gasteiger partial charge in [0, 0.05) is 28.9 Å². The van der Waals surface area contributed by atoms with Crippen molar-refractivity contribution < 1.29 is 0 Å². The predicted molar refractivity (Wildman–Crippen MR) is 162 cm³/mol. The van der Waals surface area contributed by atoms with E-state index in [1.54, 1.807) is 0 Å². The van der Waals surface area contributed by atoms with Crippen LogP contribution in [0.2, 0.25) is 0 Å². The standard InChI is InChI=1S/C37H27N/c1-38-36-18-9-8-17-34(36)35-20-19-30(25-37(35)38)28-15-10-16-29(21-28)33-23-31(26-11-4-2-5-12-26)22-32(24-33)27-13-6-3-7-14-27/h2-25H,1H3. The third kappa shape index (κ3) is 3.90. The molecule has 1 aromatic heterocycles. The molecule has 0 saturated heterocycles. The molecule has 0 amide bonds. The van der Waals surface area contributed by atoms with Crippen molar-refractivity contribution in [1.29, 1.82) is 0 Å². The quantitative estimate of drug-likeness (QED) is 0.234. The van der Waals surface area contributed by atoms with Crippen molar-refractivity contribution in [2.24, 2.45) is 7.05 Å². The number of hydrogen-bond acceptors (Lipinski definition) is 0. The second-order valence-electron chi connectivity index (χ2n) is 9.92. The van der Waals surface area contributed by atoms with Gasteiger partial charge in [-0.2, -0.15) is 0 Å². The molecule has 6 aromatic carbocycles. The molecule has 0 radical (unpaired) electrons. The van der Waals surface area contributed by atoms with E-state index >= 15 is 0 Å². The smallest absolute Gasteiger partial charge is 0.0494 e. The van der Waals surface area contributed by atoms with E-state index < -0.39 is 0 Å². The Morgan fingerprint density at radius 1 is 0.316 bits per heavy atom. The van der Waals surface area contributed by atoms with Gasteiger partial charge in [0.2, 0.25) is 0 Å². The fraction of sp³-hybridized carbons (Fsp3) is 0.0270. The van der Waals surface area contributed by atoms with E-state index in [1.165, 1.54) is 66.3 Å². The molecule has 0 spiro atoms. The molecule has 1 heterocycles. The van der Waals surface area contributed by atoms with Crippen LogP contribution < -0.4 is 0 Å². The Kier molecular flexibility index (Phi) is 5.41. The molecule has 180 valence electrons. The number of nitrogens with zero attached hydrogens (tertiary/aromatic N) is 1. The molecule has 0 bridgehead atoms. The normalized spacial score (nSPS) is 11.3. The molecule has 38 heavy (non-hydrogen) atoms. The lowest BCUT2D eigenvalue weighted by atomic mass is 9.92. The highest BCUT2D eigenvalue weighted by atomic mass is 14.9. The summed E-state index contributed by atoms with van der Waals surface area (Å²) >= 11 is 0. The zero-order valence-corrected chi connectivity index (χ0v) is 21.3. The summed E-state index contributed by atoms with van der Waals surface area (Å²) in [4.78, 5) is 0. The number of fused-ring (bicyclic) bond motifs is 3. The maximum Gasteiger partial charge on any atom is 0.0494 e. The van der Waals surface area contributed by atoms with Gasteiger partial charge in [-0.25, -0.2) is 0 Å². The number of benzene rings is 6. The van der Waals surface area contributed by atoms with Gasteiger partial charge < -0.3 is 4.57 Å². The Morgan fingerprint density at radius 3 is 1.42 bits per heavy atom. The Hall–Kier alpha value is -4.88. The third-order valence-electron chi connectivity index (χ3n) is 7.59. The zero-order chi connectivity index (χ0) is 25.5. The van der Waals surface area contributed by atoms with E-state index in [0.29, 0.717) is 0 Å². The molecule has 0 atom stereocenters. The van der Waals surface area contributed by atoms with Crippen molar-refractivity contribution >= 4 is 21.8 Å². The van der Waals surface area contributed by atoms with E-state index in [0.717, 1.165) is 0 Å². The van der Waals surface area contributed by atoms with Gasteiger partial charge in [0.05, 0.1) is 0 Å². The largest absolute Gasteiger partial charge is 0.344 e. The Morgan fingerprint density at radius 2 is 0.763 bits per heavy atom. The van der Waals surface area contributed by atoms with Crippen LogP contribution in [0, 0.1) is 0 Å². The number of rotatable bonds is 4. The van der Waals surface area contributed by atoms with Gasteiger partial charge in [-0.15, -0.1) is 0 Å². The molecule has 0 aliphatic heterocycles. The first-order chi connectivity index (χ1) is 18.7. The average molecular weight is 486 g/mol. The number of hydrogen-bond donors (Lipinski definition) is 0. The maximum atomic E-state index is 2.32. The van der Waals surface area contributed by atoms with Crippen LogP contribution in [0.1, 0.15) is 0 Å². The summed E-state index contributed by atoms with van der Waals surface area (Å²) < 4.78 is 2.30. The van der Waals surface area contributed by atoms with Crippen molar-refractivity contribution in [1.82, 2.24) is 4.57 Å². The summed E-state index contributed by atoms with van der Waals surface area (Å²) in [6.45, 7) is 0. The van der Waals surface area contributed by atoms with Crippen LogP contribution in [0.25, 0.3) is 66.3 Å². The Balaban J connectivity index is 1.36. The molecule has 1 heteroatoms. The summed E-state index contributed by atoms with van der Waals surface area (Å²) in [7, 11) is 2.16. The van der Waals surface area contributed by atoms with Crippen molar-refractivity contribution in [3.8, 4) is 44.5 Å². The van der Waals surface area contributed by atoms with E-state index in [-0.39, 0.29) is 0 Å². The molecule has 0 aliphatic carbocycles. The summed E-state index contributed by atoms with van der Waals surface area (Å²) in [5.74, 6) is 0. The van der Waals surface area contributed by atoms with Crippen molar-refractivity contribution in [2.75, 3.05) is 0 Å². The Labute approximate surface area is 223 Å². The van der Waals surface area contributed by atoms with Gasteiger partial charge in [0.25, 0.3) is 0 Å². The van der Waals surface area contributed by atoms with Gasteiger partial charge in [-0.3, -0.25) is 0 Å². The van der Waals surface area contributed by atoms with Crippen LogP contribution in [0.15, 0.2) is 146 Å². The molecule has 0 unspecified atom stereocenters. The van der Waals surface area contributed by atoms with Crippen LogP contribution in [-0.4, -0.2) is 4.57 Å². The van der Waals surface area contributed by atoms with Gasteiger partial charge in [-0.05, 0) is 80.9 Å². The maximum absolute atomic E-state index is 2.32. The van der Waals surface area contributed by atoms with Crippen LogP contribution in [0.3, 0.4) is 0 Å². The number of aryl methyl sites for hydroxylation is 1. The molecule has 7 rings (SSSR count). The minimum absolute atomic E-state index is 1.22. The molecule has 0 aliphatic rings. The minimum atomic E-state index is 1.22. The van der Waals surface area contributed by atoms with E-state index in [1.807, 2.05) is 0 Å². The monoisotopic (exact) mass is 485 g/mol. The summed E-state index contributed by atoms with van der Waals surface area (Å²) in [5.41, 5.74) is 12.3. The first-order valence-electron chi connectivity index (χ1n) is 13.1. The van der Waals surface area contributed by atoms with Crippen LogP contribution in [-0.2, 0) is 7.05 Å². The highest BCUT2D eigenvalue weighted by Gasteiger charge is 2.11. The molecule has 1 nitrogen and oxygen atoms in total. The molecule has 0 saturated carbocycles. The molecule has 0 fully saturated rings. The lowest BCUT2D eigenvalue weighted by molar-refractivity contribution is 1.01. The van der Waals surface area contributed by atoms with Crippen LogP contribution in [0.4, 0.5) is 0 Å². The Bertz CT molecular complexity index is 1850. The van der Waals surface area contributed by atoms with Gasteiger partial charge in [0.15, 0.2) is 0 Å². The SMILES string of the molecule is Cn1c2ccccc2c2ccc(-c3cccc(-c4cc(-c5ccccc5)cc(-c5ccccc5)c4)c3)cc21. The highest BCUT2D eigenvalue weighted by Crippen LogP contribution is 2.36. The van der Waals surface area contributed by atoms with Gasteiger partial charge in [-0.1, -0.05) is 109 Å². The first kappa shape index (κ1) is 22.3. The summed E-state index contributed by atoms with van der Waals surface area (Å²) in [6.07, 6.45) is 0. The van der Waals surface area contributed by atoms with Crippen molar-refractivity contribution in [3.63, 3.8) is 0 Å². The predicted octanol–water partition coefficient (Wildman–Crippen LogP) is 10.00. The fourth-order valence-electron chi connectivity index (χ4n) is 5.61.